The van der Waals surface area contributed by atoms with E-state index < -0.39 is 9.84 Å². The van der Waals surface area contributed by atoms with Gasteiger partial charge in [-0.2, -0.15) is 0 Å². The molecule has 1 heterocycles. The number of hydrogen-bond acceptors (Lipinski definition) is 3. The predicted octanol–water partition coefficient (Wildman–Crippen LogP) is 1.38. The number of carbonyl (C=O) groups excluding carboxylic acids is 1. The van der Waals surface area contributed by atoms with E-state index in [4.69, 9.17) is 0 Å². The zero-order chi connectivity index (χ0) is 13.3. The molecule has 1 aliphatic heterocycles. The first-order valence-corrected chi connectivity index (χ1v) is 7.84. The zero-order valence-electron chi connectivity index (χ0n) is 10.6. The quantitative estimate of drug-likeness (QED) is 0.772. The van der Waals surface area contributed by atoms with E-state index in [0.29, 0.717) is 11.4 Å². The van der Waals surface area contributed by atoms with Gasteiger partial charge in [0.05, 0.1) is 4.90 Å². The van der Waals surface area contributed by atoms with E-state index in [1.165, 1.54) is 6.26 Å². The standard InChI is InChI=1S/C13H17NO3S/c1-10(15)14-7-3-4-11-5-6-13(18(2,16)17)8-12(11)9-14/h5-6,8H,3-4,7,9H2,1-2H3. The van der Waals surface area contributed by atoms with E-state index in [9.17, 15) is 13.2 Å². The Balaban J connectivity index is 2.42. The lowest BCUT2D eigenvalue weighted by Gasteiger charge is -2.18. The second-order valence-electron chi connectivity index (χ2n) is 4.75. The Labute approximate surface area is 108 Å². The summed E-state index contributed by atoms with van der Waals surface area (Å²) < 4.78 is 23.1. The summed E-state index contributed by atoms with van der Waals surface area (Å²) in [6, 6.07) is 5.22. The Kier molecular flexibility index (Phi) is 3.43. The van der Waals surface area contributed by atoms with Gasteiger partial charge < -0.3 is 4.90 Å². The highest BCUT2D eigenvalue weighted by Gasteiger charge is 2.18. The van der Waals surface area contributed by atoms with E-state index in [-0.39, 0.29) is 5.91 Å². The maximum atomic E-state index is 11.5. The molecular weight excluding hydrogens is 250 g/mol. The van der Waals surface area contributed by atoms with Gasteiger partial charge >= 0.3 is 0 Å². The molecule has 1 amide bonds. The van der Waals surface area contributed by atoms with E-state index >= 15 is 0 Å². The van der Waals surface area contributed by atoms with Crippen molar-refractivity contribution in [2.45, 2.75) is 31.2 Å². The van der Waals surface area contributed by atoms with Crippen molar-refractivity contribution in [2.24, 2.45) is 0 Å². The molecule has 0 saturated heterocycles. The van der Waals surface area contributed by atoms with Crippen molar-refractivity contribution in [1.29, 1.82) is 0 Å². The van der Waals surface area contributed by atoms with Crippen LogP contribution in [0.1, 0.15) is 24.5 Å². The van der Waals surface area contributed by atoms with Crippen LogP contribution in [0.2, 0.25) is 0 Å². The lowest BCUT2D eigenvalue weighted by atomic mass is 10.0. The molecule has 1 aliphatic rings. The molecule has 2 rings (SSSR count). The minimum Gasteiger partial charge on any atom is -0.339 e. The molecule has 0 unspecified atom stereocenters. The number of benzene rings is 1. The number of sulfone groups is 1. The van der Waals surface area contributed by atoms with Gasteiger partial charge in [0.2, 0.25) is 5.91 Å². The van der Waals surface area contributed by atoms with E-state index in [1.54, 1.807) is 24.0 Å². The highest BCUT2D eigenvalue weighted by Crippen LogP contribution is 2.22. The molecule has 0 saturated carbocycles. The molecule has 0 aromatic heterocycles. The fourth-order valence-corrected chi connectivity index (χ4v) is 2.91. The second kappa shape index (κ2) is 4.72. The van der Waals surface area contributed by atoms with Gasteiger partial charge in [-0.3, -0.25) is 4.79 Å². The lowest BCUT2D eigenvalue weighted by Crippen LogP contribution is -2.28. The third kappa shape index (κ3) is 2.72. The van der Waals surface area contributed by atoms with E-state index in [0.717, 1.165) is 30.5 Å². The summed E-state index contributed by atoms with van der Waals surface area (Å²) in [7, 11) is -3.19. The van der Waals surface area contributed by atoms with Crippen LogP contribution >= 0.6 is 0 Å². The molecule has 5 heteroatoms. The summed E-state index contributed by atoms with van der Waals surface area (Å²) in [5.41, 5.74) is 2.09. The maximum Gasteiger partial charge on any atom is 0.219 e. The highest BCUT2D eigenvalue weighted by molar-refractivity contribution is 7.90. The van der Waals surface area contributed by atoms with Crippen LogP contribution in [0.15, 0.2) is 23.1 Å². The average molecular weight is 267 g/mol. The van der Waals surface area contributed by atoms with Crippen LogP contribution in [-0.2, 0) is 27.6 Å². The van der Waals surface area contributed by atoms with Gasteiger partial charge in [0, 0.05) is 26.3 Å². The number of rotatable bonds is 1. The number of aryl methyl sites for hydroxylation is 1. The summed E-state index contributed by atoms with van der Waals surface area (Å²) in [4.78, 5) is 13.5. The third-order valence-electron chi connectivity index (χ3n) is 3.29. The monoisotopic (exact) mass is 267 g/mol. The van der Waals surface area contributed by atoms with Crippen molar-refractivity contribution in [1.82, 2.24) is 4.90 Å². The summed E-state index contributed by atoms with van der Waals surface area (Å²) in [6.07, 6.45) is 3.02. The third-order valence-corrected chi connectivity index (χ3v) is 4.40. The SMILES string of the molecule is CC(=O)N1CCCc2ccc(S(C)(=O)=O)cc2C1. The molecule has 1 aromatic carbocycles. The molecular formula is C13H17NO3S. The Bertz CT molecular complexity index is 578. The first-order valence-electron chi connectivity index (χ1n) is 5.95. The lowest BCUT2D eigenvalue weighted by molar-refractivity contribution is -0.129. The Morgan fingerprint density at radius 3 is 2.61 bits per heavy atom. The number of amides is 1. The fraction of sp³-hybridized carbons (Fsp3) is 0.462. The Morgan fingerprint density at radius 2 is 2.00 bits per heavy atom. The van der Waals surface area contributed by atoms with Gasteiger partial charge in [0.1, 0.15) is 0 Å². The number of fused-ring (bicyclic) bond motifs is 1. The molecule has 0 N–H and O–H groups in total. The second-order valence-corrected chi connectivity index (χ2v) is 6.76. The van der Waals surface area contributed by atoms with Gasteiger partial charge in [0.15, 0.2) is 9.84 Å². The number of carbonyl (C=O) groups is 1. The van der Waals surface area contributed by atoms with Crippen molar-refractivity contribution in [3.05, 3.63) is 29.3 Å². The summed E-state index contributed by atoms with van der Waals surface area (Å²) >= 11 is 0. The molecule has 0 aliphatic carbocycles. The Hall–Kier alpha value is -1.36. The van der Waals surface area contributed by atoms with Gasteiger partial charge in [-0.25, -0.2) is 8.42 Å². The van der Waals surface area contributed by atoms with Crippen molar-refractivity contribution in [3.8, 4) is 0 Å². The zero-order valence-corrected chi connectivity index (χ0v) is 11.5. The van der Waals surface area contributed by atoms with Crippen LogP contribution in [0.3, 0.4) is 0 Å². The van der Waals surface area contributed by atoms with Crippen LogP contribution < -0.4 is 0 Å². The molecule has 4 nitrogen and oxygen atoms in total. The largest absolute Gasteiger partial charge is 0.339 e. The first-order chi connectivity index (χ1) is 8.38. The van der Waals surface area contributed by atoms with E-state index in [2.05, 4.69) is 0 Å². The highest BCUT2D eigenvalue weighted by atomic mass is 32.2. The normalized spacial score (nSPS) is 16.0. The van der Waals surface area contributed by atoms with Crippen LogP contribution in [0.25, 0.3) is 0 Å². The predicted molar refractivity (Wildman–Crippen MR) is 69.0 cm³/mol. The van der Waals surface area contributed by atoms with Crippen molar-refractivity contribution in [3.63, 3.8) is 0 Å². The topological polar surface area (TPSA) is 54.5 Å². The van der Waals surface area contributed by atoms with Crippen LogP contribution in [0.5, 0.6) is 0 Å². The first kappa shape index (κ1) is 13.1. The van der Waals surface area contributed by atoms with Gasteiger partial charge in [-0.05, 0) is 36.1 Å². The Morgan fingerprint density at radius 1 is 1.28 bits per heavy atom. The van der Waals surface area contributed by atoms with Crippen molar-refractivity contribution in [2.75, 3.05) is 12.8 Å². The molecule has 18 heavy (non-hydrogen) atoms. The minimum absolute atomic E-state index is 0.0348. The molecule has 0 spiro atoms. The number of nitrogens with zero attached hydrogens (tertiary/aromatic N) is 1. The maximum absolute atomic E-state index is 11.5. The van der Waals surface area contributed by atoms with Crippen LogP contribution in [-0.4, -0.2) is 32.0 Å². The van der Waals surface area contributed by atoms with Gasteiger partial charge in [-0.15, -0.1) is 0 Å². The summed E-state index contributed by atoms with van der Waals surface area (Å²) in [5, 5.41) is 0. The molecule has 1 aromatic rings. The minimum atomic E-state index is -3.19. The summed E-state index contributed by atoms with van der Waals surface area (Å²) in [6.45, 7) is 2.79. The molecule has 0 atom stereocenters. The van der Waals surface area contributed by atoms with Gasteiger partial charge in [-0.1, -0.05) is 6.07 Å². The smallest absolute Gasteiger partial charge is 0.219 e. The van der Waals surface area contributed by atoms with Crippen molar-refractivity contribution >= 4 is 15.7 Å². The number of hydrogen-bond donors (Lipinski definition) is 0. The van der Waals surface area contributed by atoms with Crippen LogP contribution in [0.4, 0.5) is 0 Å². The molecule has 0 fully saturated rings. The van der Waals surface area contributed by atoms with Crippen molar-refractivity contribution < 1.29 is 13.2 Å². The average Bonchev–Trinajstić information content (AvgIpc) is 2.48. The fourth-order valence-electron chi connectivity index (χ4n) is 2.24. The van der Waals surface area contributed by atoms with Crippen LogP contribution in [0, 0.1) is 0 Å². The van der Waals surface area contributed by atoms with Gasteiger partial charge in [0.25, 0.3) is 0 Å². The summed E-state index contributed by atoms with van der Waals surface area (Å²) in [5.74, 6) is 0.0348. The molecule has 0 radical (unpaired) electrons. The molecule has 0 bridgehead atoms. The van der Waals surface area contributed by atoms with E-state index in [1.807, 2.05) is 6.07 Å². The molecule has 98 valence electrons.